The van der Waals surface area contributed by atoms with Gasteiger partial charge in [0.1, 0.15) is 22.3 Å². The number of carbonyl (C=O) groups excluding carboxylic acids is 2. The number of carbonyl (C=O) groups is 2. The summed E-state index contributed by atoms with van der Waals surface area (Å²) in [5.41, 5.74) is -1.79. The highest BCUT2D eigenvalue weighted by molar-refractivity contribution is 6.45. The molecule has 0 saturated heterocycles. The summed E-state index contributed by atoms with van der Waals surface area (Å²) in [5, 5.41) is 16.3. The number of ether oxygens (including phenoxy) is 2. The van der Waals surface area contributed by atoms with E-state index in [0.29, 0.717) is 17.1 Å². The first kappa shape index (κ1) is 24.1. The molecule has 0 fully saturated rings. The molecule has 0 amide bonds. The van der Waals surface area contributed by atoms with Gasteiger partial charge >= 0.3 is 0 Å². The van der Waals surface area contributed by atoms with Crippen molar-refractivity contribution < 1.29 is 24.2 Å². The molecule has 0 saturated carbocycles. The number of aliphatic hydroxyl groups is 1. The van der Waals surface area contributed by atoms with Gasteiger partial charge in [0.05, 0.1) is 5.92 Å². The molecule has 194 valence electrons. The highest BCUT2D eigenvalue weighted by Gasteiger charge is 2.70. The van der Waals surface area contributed by atoms with Crippen LogP contribution in [0.3, 0.4) is 0 Å². The summed E-state index contributed by atoms with van der Waals surface area (Å²) in [6.45, 7) is 3.30. The Labute approximate surface area is 230 Å². The standard InChI is InChI=1S/C33H25ClO5/c1-3-26(35)18(2)33(37)31(36)29(34)30-25(16-23-21-10-6-4-8-19(21)12-14-27(23)38-30)32(33)17-24-22-11-7-5-9-20(22)13-15-28(24)39-32/h4-16,18,37H,3,17H2,1-2H3/t18-,32+,33+/m1/s1. The smallest absolute Gasteiger partial charge is 0.214 e. The van der Waals surface area contributed by atoms with Gasteiger partial charge in [-0.05, 0) is 39.8 Å². The van der Waals surface area contributed by atoms with Crippen LogP contribution in [0.1, 0.15) is 31.4 Å². The lowest BCUT2D eigenvalue weighted by Crippen LogP contribution is -2.70. The van der Waals surface area contributed by atoms with E-state index in [9.17, 15) is 14.7 Å². The van der Waals surface area contributed by atoms with Crippen molar-refractivity contribution in [1.29, 1.82) is 0 Å². The number of Topliss-reactive ketones (excluding diaryl/α,β-unsaturated/α-hetero) is 2. The van der Waals surface area contributed by atoms with Crippen molar-refractivity contribution >= 4 is 50.8 Å². The van der Waals surface area contributed by atoms with Crippen LogP contribution in [-0.2, 0) is 16.0 Å². The second-order valence-corrected chi connectivity index (χ2v) is 10.9. The third-order valence-electron chi connectivity index (χ3n) is 8.64. The van der Waals surface area contributed by atoms with Gasteiger partial charge in [0.15, 0.2) is 17.0 Å². The minimum atomic E-state index is -2.27. The van der Waals surface area contributed by atoms with E-state index in [2.05, 4.69) is 0 Å². The van der Waals surface area contributed by atoms with Crippen molar-refractivity contribution in [2.24, 2.45) is 5.92 Å². The Balaban J connectivity index is 1.56. The van der Waals surface area contributed by atoms with Gasteiger partial charge in [-0.3, -0.25) is 9.59 Å². The van der Waals surface area contributed by atoms with E-state index in [0.717, 1.165) is 32.7 Å². The quantitative estimate of drug-likeness (QED) is 0.322. The number of fused-ring (bicyclic) bond motifs is 8. The number of halogens is 1. The average Bonchev–Trinajstić information content (AvgIpc) is 3.39. The van der Waals surface area contributed by atoms with Crippen molar-refractivity contribution in [1.82, 2.24) is 0 Å². The summed E-state index contributed by atoms with van der Waals surface area (Å²) in [4.78, 5) is 27.2. The highest BCUT2D eigenvalue weighted by Crippen LogP contribution is 2.58. The fourth-order valence-electron chi connectivity index (χ4n) is 6.53. The lowest BCUT2D eigenvalue weighted by atomic mass is 9.61. The highest BCUT2D eigenvalue weighted by atomic mass is 35.5. The van der Waals surface area contributed by atoms with E-state index in [-0.39, 0.29) is 29.4 Å². The van der Waals surface area contributed by atoms with Gasteiger partial charge in [0.2, 0.25) is 5.78 Å². The summed E-state index contributed by atoms with van der Waals surface area (Å²) in [7, 11) is 0. The molecule has 39 heavy (non-hydrogen) atoms. The first-order valence-corrected chi connectivity index (χ1v) is 13.5. The van der Waals surface area contributed by atoms with Gasteiger partial charge in [-0.25, -0.2) is 0 Å². The van der Waals surface area contributed by atoms with Gasteiger partial charge in [-0.15, -0.1) is 0 Å². The fourth-order valence-corrected chi connectivity index (χ4v) is 6.81. The third-order valence-corrected chi connectivity index (χ3v) is 8.98. The van der Waals surface area contributed by atoms with Gasteiger partial charge in [0.25, 0.3) is 0 Å². The van der Waals surface area contributed by atoms with E-state index in [4.69, 9.17) is 21.1 Å². The van der Waals surface area contributed by atoms with Crippen molar-refractivity contribution in [3.63, 3.8) is 0 Å². The zero-order chi connectivity index (χ0) is 27.1. The Kier molecular flexibility index (Phi) is 5.13. The summed E-state index contributed by atoms with van der Waals surface area (Å²) in [5.74, 6) is -0.850. The second-order valence-electron chi connectivity index (χ2n) is 10.5. The summed E-state index contributed by atoms with van der Waals surface area (Å²) in [6, 6.07) is 23.5. The Morgan fingerprint density at radius 2 is 1.62 bits per heavy atom. The van der Waals surface area contributed by atoms with E-state index >= 15 is 0 Å². The minimum Gasteiger partial charge on any atom is -0.478 e. The van der Waals surface area contributed by atoms with Crippen LogP contribution < -0.4 is 9.47 Å². The lowest BCUT2D eigenvalue weighted by molar-refractivity contribution is -0.172. The molecule has 0 aromatic heterocycles. The number of ketones is 2. The maximum Gasteiger partial charge on any atom is 0.214 e. The molecule has 0 radical (unpaired) electrons. The molecule has 2 heterocycles. The largest absolute Gasteiger partial charge is 0.478 e. The summed E-state index contributed by atoms with van der Waals surface area (Å²) in [6.07, 6.45) is 2.23. The Bertz CT molecular complexity index is 1820. The molecule has 1 spiro atoms. The van der Waals surface area contributed by atoms with Crippen LogP contribution in [0.2, 0.25) is 0 Å². The SMILES string of the molecule is CCC(=O)[C@@H](C)[C@]1(O)C(=O)C(Cl)=C2Oc3ccc4ccccc4c3C=C2[C@@]12Cc1c(ccc3ccccc13)O2. The average molecular weight is 537 g/mol. The van der Waals surface area contributed by atoms with Crippen molar-refractivity contribution in [2.45, 2.75) is 37.9 Å². The van der Waals surface area contributed by atoms with Crippen molar-refractivity contribution in [2.75, 3.05) is 0 Å². The molecule has 5 nitrogen and oxygen atoms in total. The molecule has 6 heteroatoms. The molecule has 4 aromatic carbocycles. The van der Waals surface area contributed by atoms with Crippen LogP contribution in [0.5, 0.6) is 11.5 Å². The van der Waals surface area contributed by atoms with E-state index in [1.54, 1.807) is 13.8 Å². The van der Waals surface area contributed by atoms with E-state index < -0.39 is 22.9 Å². The molecule has 0 unspecified atom stereocenters. The van der Waals surface area contributed by atoms with Gasteiger partial charge in [-0.2, -0.15) is 0 Å². The molecule has 1 N–H and O–H groups in total. The van der Waals surface area contributed by atoms with Crippen LogP contribution in [0.4, 0.5) is 0 Å². The zero-order valence-electron chi connectivity index (χ0n) is 21.5. The zero-order valence-corrected chi connectivity index (χ0v) is 22.2. The summed E-state index contributed by atoms with van der Waals surface area (Å²) < 4.78 is 13.1. The van der Waals surface area contributed by atoms with Crippen LogP contribution in [-0.4, -0.2) is 27.9 Å². The predicted molar refractivity (Wildman–Crippen MR) is 151 cm³/mol. The summed E-state index contributed by atoms with van der Waals surface area (Å²) >= 11 is 6.71. The van der Waals surface area contributed by atoms with Gasteiger partial charge < -0.3 is 14.6 Å². The lowest BCUT2D eigenvalue weighted by Gasteiger charge is -2.50. The molecule has 4 aromatic rings. The monoisotopic (exact) mass is 536 g/mol. The Hall–Kier alpha value is -3.93. The molecule has 1 aliphatic carbocycles. The predicted octanol–water partition coefficient (Wildman–Crippen LogP) is 6.52. The van der Waals surface area contributed by atoms with Crippen molar-refractivity contribution in [3.05, 3.63) is 100 Å². The molecular formula is C33H25ClO5. The minimum absolute atomic E-state index is 0.153. The van der Waals surface area contributed by atoms with Gasteiger partial charge in [-0.1, -0.05) is 86.1 Å². The normalized spacial score (nSPS) is 24.1. The first-order chi connectivity index (χ1) is 18.8. The number of hydrogen-bond acceptors (Lipinski definition) is 5. The number of rotatable bonds is 3. The molecule has 7 rings (SSSR count). The van der Waals surface area contributed by atoms with E-state index in [1.165, 1.54) is 0 Å². The first-order valence-electron chi connectivity index (χ1n) is 13.1. The molecule has 3 aliphatic rings. The molecular weight excluding hydrogens is 512 g/mol. The molecule has 3 atom stereocenters. The fraction of sp³-hybridized carbons (Fsp3) is 0.212. The number of benzene rings is 4. The van der Waals surface area contributed by atoms with Crippen LogP contribution in [0, 0.1) is 5.92 Å². The van der Waals surface area contributed by atoms with E-state index in [1.807, 2.05) is 78.9 Å². The van der Waals surface area contributed by atoms with Crippen LogP contribution in [0.15, 0.2) is 89.2 Å². The third kappa shape index (κ3) is 3.06. The maximum atomic E-state index is 14.1. The maximum absolute atomic E-state index is 14.1. The number of hydrogen-bond donors (Lipinski definition) is 1. The van der Waals surface area contributed by atoms with Crippen molar-refractivity contribution in [3.8, 4) is 11.5 Å². The molecule has 0 bridgehead atoms. The molecule has 2 aliphatic heterocycles. The van der Waals surface area contributed by atoms with Crippen LogP contribution >= 0.6 is 11.6 Å². The Morgan fingerprint density at radius 3 is 2.33 bits per heavy atom. The topological polar surface area (TPSA) is 72.8 Å². The van der Waals surface area contributed by atoms with Crippen LogP contribution in [0.25, 0.3) is 27.6 Å². The Morgan fingerprint density at radius 1 is 0.974 bits per heavy atom. The van der Waals surface area contributed by atoms with Gasteiger partial charge in [0, 0.05) is 29.5 Å². The second kappa shape index (κ2) is 8.28.